The number of phenols is 3. The molecular formula is C85H94Cl3N9O25. The van der Waals surface area contributed by atoms with E-state index in [0.717, 1.165) is 65.2 Å². The third kappa shape index (κ3) is 19.7. The van der Waals surface area contributed by atoms with E-state index in [9.17, 15) is 60.3 Å². The molecule has 7 amide bonds. The predicted molar refractivity (Wildman–Crippen MR) is 436 cm³/mol. The third-order valence-corrected chi connectivity index (χ3v) is 23.1. The number of ether oxygens (including phenoxy) is 8. The maximum absolute atomic E-state index is 16.5. The van der Waals surface area contributed by atoms with Crippen LogP contribution in [0.15, 0.2) is 127 Å². The molecule has 19 N–H and O–H groups in total. The number of aromatic hydroxyl groups is 3. The fourth-order valence-corrected chi connectivity index (χ4v) is 16.4. The number of fused-ring (bicyclic) bond motifs is 15. The normalized spacial score (nSPS) is 28.3. The van der Waals surface area contributed by atoms with Crippen molar-refractivity contribution in [2.45, 2.75) is 201 Å². The Kier molecular flexibility index (Phi) is 27.6. The number of aliphatic carboxylic acids is 1. The lowest BCUT2D eigenvalue weighted by Crippen LogP contribution is -2.65. The van der Waals surface area contributed by atoms with E-state index in [1.54, 1.807) is 32.9 Å². The number of carboxylic acids is 1. The molecule has 0 aliphatic carbocycles. The smallest absolute Gasteiger partial charge is 0.330 e. The number of carbonyl (C=O) groups excluding carboxylic acids is 7. The maximum Gasteiger partial charge on any atom is 0.330 e. The number of nitrogens with two attached hydrogens (primary N) is 1. The first-order chi connectivity index (χ1) is 58.0. The summed E-state index contributed by atoms with van der Waals surface area (Å²) < 4.78 is 53.0. The number of nitrogens with one attached hydrogen (secondary N) is 8. The summed E-state index contributed by atoms with van der Waals surface area (Å²) in [6.45, 7) is 7.95. The largest absolute Gasteiger partial charge is 0.508 e. The molecule has 7 aromatic rings. The van der Waals surface area contributed by atoms with Gasteiger partial charge >= 0.3 is 5.97 Å². The van der Waals surface area contributed by atoms with Crippen molar-refractivity contribution >= 4 is 82.1 Å². The molecule has 0 aromatic heterocycles. The molecule has 8 aliphatic heterocycles. The maximum atomic E-state index is 16.5. The zero-order valence-corrected chi connectivity index (χ0v) is 68.9. The first-order valence-corrected chi connectivity index (χ1v) is 40.6. The Morgan fingerprint density at radius 2 is 1.29 bits per heavy atom. The number of carboxylic acid groups (broad SMARTS) is 1. The second-order valence-corrected chi connectivity index (χ2v) is 32.9. The van der Waals surface area contributed by atoms with Crippen molar-refractivity contribution in [3.8, 4) is 68.2 Å². The highest BCUT2D eigenvalue weighted by atomic mass is 35.5. The van der Waals surface area contributed by atoms with E-state index in [4.69, 9.17) is 78.4 Å². The molecule has 650 valence electrons. The molecule has 3 fully saturated rings. The van der Waals surface area contributed by atoms with Gasteiger partial charge in [-0.1, -0.05) is 103 Å². The number of hydrogen-bond donors (Lipinski definition) is 18. The number of likely N-dealkylation sites (N-methyl/N-ethyl adjacent to an activating group) is 1. The van der Waals surface area contributed by atoms with Gasteiger partial charge in [0.1, 0.15) is 89.5 Å². The summed E-state index contributed by atoms with van der Waals surface area (Å²) in [5, 5.41) is 127. The Labute approximate surface area is 713 Å². The molecule has 8 aliphatic rings. The van der Waals surface area contributed by atoms with Gasteiger partial charge in [0.05, 0.1) is 47.4 Å². The summed E-state index contributed by atoms with van der Waals surface area (Å²) in [6.07, 6.45) is -18.6. The number of primary amides is 1. The van der Waals surface area contributed by atoms with Crippen molar-refractivity contribution in [1.29, 1.82) is 0 Å². The molecule has 37 heteroatoms. The van der Waals surface area contributed by atoms with Crippen LogP contribution in [0.1, 0.15) is 137 Å². The lowest BCUT2D eigenvalue weighted by atomic mass is 9.84. The molecular weight excluding hydrogens is 1650 g/mol. The van der Waals surface area contributed by atoms with Gasteiger partial charge in [-0.25, -0.2) is 4.79 Å². The van der Waals surface area contributed by atoms with Gasteiger partial charge in [0.15, 0.2) is 36.2 Å². The minimum absolute atomic E-state index is 0.0491. The fraction of sp³-hybridized carbons (Fsp3) is 0.412. The van der Waals surface area contributed by atoms with Gasteiger partial charge in [-0.2, -0.15) is 0 Å². The van der Waals surface area contributed by atoms with Crippen LogP contribution in [0.5, 0.6) is 46.0 Å². The Morgan fingerprint density at radius 3 is 1.92 bits per heavy atom. The van der Waals surface area contributed by atoms with E-state index in [0.29, 0.717) is 17.9 Å². The van der Waals surface area contributed by atoms with Gasteiger partial charge in [0, 0.05) is 46.3 Å². The molecule has 8 heterocycles. The van der Waals surface area contributed by atoms with Crippen LogP contribution in [-0.4, -0.2) is 198 Å². The molecule has 20 unspecified atom stereocenters. The second kappa shape index (κ2) is 37.7. The Morgan fingerprint density at radius 1 is 0.656 bits per heavy atom. The summed E-state index contributed by atoms with van der Waals surface area (Å²) in [4.78, 5) is 120. The number of aliphatic hydroxyl groups excluding tert-OH is 5. The number of halogens is 3. The molecule has 0 spiro atoms. The van der Waals surface area contributed by atoms with Crippen molar-refractivity contribution in [2.75, 3.05) is 13.7 Å². The minimum Gasteiger partial charge on any atom is -0.508 e. The number of amides is 7. The van der Waals surface area contributed by atoms with Gasteiger partial charge in [0.2, 0.25) is 53.4 Å². The van der Waals surface area contributed by atoms with Crippen molar-refractivity contribution in [3.63, 3.8) is 0 Å². The van der Waals surface area contributed by atoms with Crippen molar-refractivity contribution < 1.29 is 122 Å². The van der Waals surface area contributed by atoms with Gasteiger partial charge < -0.3 is 132 Å². The summed E-state index contributed by atoms with van der Waals surface area (Å²) >= 11 is 20.8. The first-order valence-electron chi connectivity index (χ1n) is 39.4. The van der Waals surface area contributed by atoms with Gasteiger partial charge in [-0.3, -0.25) is 33.6 Å². The van der Waals surface area contributed by atoms with E-state index >= 15 is 24.0 Å². The topological polar surface area (TPSA) is 515 Å². The first kappa shape index (κ1) is 89.3. The molecule has 34 nitrogen and oxygen atoms in total. The Bertz CT molecular complexity index is 5110. The average molecular weight is 1750 g/mol. The van der Waals surface area contributed by atoms with E-state index in [1.807, 2.05) is 50.2 Å². The molecule has 122 heavy (non-hydrogen) atoms. The number of rotatable bonds is 19. The monoisotopic (exact) mass is 1750 g/mol. The molecule has 3 saturated heterocycles. The van der Waals surface area contributed by atoms with E-state index in [2.05, 4.69) is 42.5 Å². The van der Waals surface area contributed by atoms with E-state index in [-0.39, 0.29) is 70.0 Å². The van der Waals surface area contributed by atoms with Crippen LogP contribution in [0.3, 0.4) is 0 Å². The second-order valence-electron chi connectivity index (χ2n) is 31.6. The van der Waals surface area contributed by atoms with Crippen LogP contribution in [0.4, 0.5) is 0 Å². The van der Waals surface area contributed by atoms with Crippen LogP contribution in [0, 0.1) is 5.92 Å². The average Bonchev–Trinajstić information content (AvgIpc) is 0.763. The van der Waals surface area contributed by atoms with E-state index in [1.165, 1.54) is 37.4 Å². The predicted octanol–water partition coefficient (Wildman–Crippen LogP) is 6.20. The molecule has 20 atom stereocenters. The number of phenolic OH excluding ortho intramolecular Hbond substituents is 3. The standard InChI is InChI=1S/C85H94Cl3N9O25/c1-36(2)24-52(90-6)77(107)96-68-70(103)43-17-22-56(50(87)26-43)117-58-28-45-29-59(74(58)122-84-75(72(105)71(104)60(35-98)119-84)121-63-33-85(5,76(106)38(4)116-63)91-34-39-10-12-40(13-11-39)41-14-19-46(86)20-15-41)118-57-23-18-44(27-51(57)88)73(120-62-9-7-8-37(3)115-62)69-82(112)95-67(83(113)114)49-30-47(99)31-55(101)64(49)48-25-42(16-21-54(48)100)65(79(109)97-69)94-80(110)66(45)93-78(108)53(32-61(89)102)92-81(68)111/h10-23,25-31,36-38,52-53,60,62-63,65-73,75-76,84,90-91,98-101,103-106H,7-9,24,32-35H2,1-6H3,(H2,89,102)(H,92,111)(H,93,108)(H,94,110)(H,95,112)(H,96,107)(H,97,109)(H,113,114). The molecule has 0 radical (unpaired) electrons. The van der Waals surface area contributed by atoms with Crippen molar-refractivity contribution in [2.24, 2.45) is 11.7 Å². The van der Waals surface area contributed by atoms with Crippen LogP contribution >= 0.6 is 34.8 Å². The third-order valence-electron chi connectivity index (χ3n) is 22.3. The highest BCUT2D eigenvalue weighted by Gasteiger charge is 2.53. The highest BCUT2D eigenvalue weighted by Crippen LogP contribution is 2.51. The van der Waals surface area contributed by atoms with Crippen LogP contribution in [0.2, 0.25) is 15.1 Å². The van der Waals surface area contributed by atoms with Gasteiger partial charge in [0.25, 0.3) is 0 Å². The zero-order chi connectivity index (χ0) is 87.6. The number of hydrogen-bond acceptors (Lipinski definition) is 26. The van der Waals surface area contributed by atoms with Gasteiger partial charge in [-0.15, -0.1) is 0 Å². The SMILES string of the molecule is CNC(CC(C)C)C(=O)NC1C(=O)NC(CC(N)=O)C(=O)NC2C(=O)NC3C(=O)NC(C(=O)NC(C(=O)O)c4cc(O)cc(O)c4-c4cc3ccc4O)C(OC3CCCC(C)O3)c3ccc(c(Cl)c3)Oc3cc2cc(c3OC2OC(CO)C(O)C(O)C2OC2CC(C)(NCc3ccc(-c4ccc(Cl)cc4)cc3)C(O)C(C)O2)Oc2ccc(cc2Cl)C1O. The lowest BCUT2D eigenvalue weighted by Gasteiger charge is -2.48. The summed E-state index contributed by atoms with van der Waals surface area (Å²) in [7, 11) is 1.48. The highest BCUT2D eigenvalue weighted by molar-refractivity contribution is 6.32. The lowest BCUT2D eigenvalue weighted by molar-refractivity contribution is -0.334. The van der Waals surface area contributed by atoms with Crippen LogP contribution < -0.4 is 62.5 Å². The molecule has 0 saturated carbocycles. The fourth-order valence-electron chi connectivity index (χ4n) is 15.8. The summed E-state index contributed by atoms with van der Waals surface area (Å²) in [6, 6.07) is 15.4. The van der Waals surface area contributed by atoms with Crippen molar-refractivity contribution in [3.05, 3.63) is 176 Å². The van der Waals surface area contributed by atoms with Crippen molar-refractivity contribution in [1.82, 2.24) is 42.5 Å². The minimum atomic E-state index is -2.36. The Hall–Kier alpha value is -10.5. The molecule has 15 rings (SSSR count). The van der Waals surface area contributed by atoms with E-state index < -0.39 is 239 Å². The molecule has 11 bridgehead atoms. The van der Waals surface area contributed by atoms with Crippen LogP contribution in [-0.2, 0) is 68.6 Å². The number of aliphatic hydroxyl groups is 5. The van der Waals surface area contributed by atoms with Gasteiger partial charge in [-0.05, 0) is 165 Å². The zero-order valence-electron chi connectivity index (χ0n) is 66.6. The molecule has 7 aromatic carbocycles. The quantitative estimate of drug-likeness (QED) is 0.0428. The number of benzene rings is 7. The van der Waals surface area contributed by atoms with Crippen LogP contribution in [0.25, 0.3) is 22.3 Å². The number of carbonyl (C=O) groups is 8. The Balaban J connectivity index is 1.01. The summed E-state index contributed by atoms with van der Waals surface area (Å²) in [5.74, 6) is -15.5. The summed E-state index contributed by atoms with van der Waals surface area (Å²) in [5.41, 5.74) is 4.79.